The molecule has 1 fully saturated rings. The molecule has 0 atom stereocenters. The quantitative estimate of drug-likeness (QED) is 0.307. The van der Waals surface area contributed by atoms with E-state index in [2.05, 4.69) is 71.6 Å². The molecule has 7 heteroatoms. The molecule has 1 aliphatic rings. The van der Waals surface area contributed by atoms with Gasteiger partial charge in [0, 0.05) is 45.3 Å². The molecule has 1 saturated heterocycles. The van der Waals surface area contributed by atoms with E-state index >= 15 is 0 Å². The molecule has 0 amide bonds. The van der Waals surface area contributed by atoms with E-state index in [9.17, 15) is 0 Å². The molecular formula is C25H37IN4O2. The van der Waals surface area contributed by atoms with Gasteiger partial charge in [-0.15, -0.1) is 24.0 Å². The number of morpholine rings is 1. The summed E-state index contributed by atoms with van der Waals surface area (Å²) in [5.41, 5.74) is 3.50. The van der Waals surface area contributed by atoms with E-state index < -0.39 is 0 Å². The molecule has 176 valence electrons. The van der Waals surface area contributed by atoms with Crippen LogP contribution in [-0.2, 0) is 24.4 Å². The van der Waals surface area contributed by atoms with Gasteiger partial charge in [0.25, 0.3) is 0 Å². The number of guanidine groups is 1. The highest BCUT2D eigenvalue weighted by molar-refractivity contribution is 14.0. The zero-order chi connectivity index (χ0) is 22.1. The molecule has 2 aromatic carbocycles. The number of aliphatic imine (C=N–C) groups is 1. The molecule has 0 saturated carbocycles. The van der Waals surface area contributed by atoms with E-state index in [1.54, 1.807) is 7.05 Å². The lowest BCUT2D eigenvalue weighted by Crippen LogP contribution is -2.38. The van der Waals surface area contributed by atoms with Gasteiger partial charge in [-0.1, -0.05) is 42.5 Å². The second kappa shape index (κ2) is 13.0. The summed E-state index contributed by atoms with van der Waals surface area (Å²) in [4.78, 5) is 6.84. The van der Waals surface area contributed by atoms with Crippen molar-refractivity contribution in [1.82, 2.24) is 15.5 Å². The van der Waals surface area contributed by atoms with E-state index in [1.165, 1.54) is 11.1 Å². The van der Waals surface area contributed by atoms with Crippen LogP contribution in [0, 0.1) is 0 Å². The van der Waals surface area contributed by atoms with Crippen LogP contribution in [0.2, 0.25) is 0 Å². The molecule has 2 aromatic rings. The molecular weight excluding hydrogens is 515 g/mol. The smallest absolute Gasteiger partial charge is 0.191 e. The maximum absolute atomic E-state index is 6.10. The molecule has 1 heterocycles. The van der Waals surface area contributed by atoms with Gasteiger partial charge < -0.3 is 20.1 Å². The second-order valence-corrected chi connectivity index (χ2v) is 8.76. The van der Waals surface area contributed by atoms with Gasteiger partial charge in [-0.3, -0.25) is 9.89 Å². The summed E-state index contributed by atoms with van der Waals surface area (Å²) >= 11 is 0. The summed E-state index contributed by atoms with van der Waals surface area (Å²) in [6, 6.07) is 16.7. The summed E-state index contributed by atoms with van der Waals surface area (Å²) in [6.45, 7) is 12.1. The third-order valence-electron chi connectivity index (χ3n) is 5.12. The molecule has 0 unspecified atom stereocenters. The van der Waals surface area contributed by atoms with Gasteiger partial charge in [0.2, 0.25) is 0 Å². The molecule has 0 aliphatic carbocycles. The summed E-state index contributed by atoms with van der Waals surface area (Å²) in [5.74, 6) is 1.67. The molecule has 32 heavy (non-hydrogen) atoms. The van der Waals surface area contributed by atoms with Gasteiger partial charge in [0.1, 0.15) is 11.4 Å². The Balaban J connectivity index is 0.00000363. The predicted molar refractivity (Wildman–Crippen MR) is 142 cm³/mol. The third-order valence-corrected chi connectivity index (χ3v) is 5.12. The first kappa shape index (κ1) is 26.4. The third kappa shape index (κ3) is 8.60. The van der Waals surface area contributed by atoms with Crippen molar-refractivity contribution in [2.75, 3.05) is 33.4 Å². The molecule has 6 nitrogen and oxygen atoms in total. The Labute approximate surface area is 209 Å². The maximum Gasteiger partial charge on any atom is 0.191 e. The van der Waals surface area contributed by atoms with Gasteiger partial charge in [0.05, 0.1) is 13.2 Å². The Kier molecular flexibility index (Phi) is 10.7. The molecule has 0 radical (unpaired) electrons. The van der Waals surface area contributed by atoms with Crippen molar-refractivity contribution in [1.29, 1.82) is 0 Å². The van der Waals surface area contributed by atoms with Gasteiger partial charge >= 0.3 is 0 Å². The normalized spacial score (nSPS) is 15.1. The zero-order valence-corrected chi connectivity index (χ0v) is 22.0. The number of halogens is 1. The number of hydrogen-bond donors (Lipinski definition) is 2. The highest BCUT2D eigenvalue weighted by Crippen LogP contribution is 2.22. The molecule has 3 rings (SSSR count). The maximum atomic E-state index is 6.10. The van der Waals surface area contributed by atoms with Gasteiger partial charge in [-0.05, 0) is 38.0 Å². The van der Waals surface area contributed by atoms with E-state index in [0.717, 1.165) is 56.7 Å². The van der Waals surface area contributed by atoms with Gasteiger partial charge in [-0.2, -0.15) is 0 Å². The van der Waals surface area contributed by atoms with Gasteiger partial charge in [0.15, 0.2) is 5.96 Å². The standard InChI is InChI=1S/C25H36N4O2.HI/c1-25(2,3)31-23-12-8-7-10-21(23)18-28-24(26-4)27-17-20-9-5-6-11-22(20)19-29-13-15-30-16-14-29;/h5-12H,13-19H2,1-4H3,(H2,26,27,28);1H. The fourth-order valence-electron chi connectivity index (χ4n) is 3.54. The Morgan fingerprint density at radius 2 is 1.50 bits per heavy atom. The van der Waals surface area contributed by atoms with Crippen LogP contribution in [-0.4, -0.2) is 49.8 Å². The van der Waals surface area contributed by atoms with Crippen LogP contribution >= 0.6 is 24.0 Å². The lowest BCUT2D eigenvalue weighted by atomic mass is 10.1. The second-order valence-electron chi connectivity index (χ2n) is 8.76. The van der Waals surface area contributed by atoms with Crippen LogP contribution in [0.25, 0.3) is 0 Å². The van der Waals surface area contributed by atoms with Crippen molar-refractivity contribution in [2.24, 2.45) is 4.99 Å². The highest BCUT2D eigenvalue weighted by Gasteiger charge is 2.15. The van der Waals surface area contributed by atoms with E-state index in [0.29, 0.717) is 6.54 Å². The van der Waals surface area contributed by atoms with Crippen molar-refractivity contribution in [3.05, 3.63) is 65.2 Å². The predicted octanol–water partition coefficient (Wildman–Crippen LogP) is 4.18. The van der Waals surface area contributed by atoms with Crippen molar-refractivity contribution >= 4 is 29.9 Å². The van der Waals surface area contributed by atoms with Crippen LogP contribution in [0.15, 0.2) is 53.5 Å². The first-order valence-electron chi connectivity index (χ1n) is 11.0. The van der Waals surface area contributed by atoms with Crippen LogP contribution < -0.4 is 15.4 Å². The summed E-state index contributed by atoms with van der Waals surface area (Å²) in [6.07, 6.45) is 0. The molecule has 0 spiro atoms. The van der Waals surface area contributed by atoms with Crippen molar-refractivity contribution in [2.45, 2.75) is 46.0 Å². The monoisotopic (exact) mass is 552 g/mol. The van der Waals surface area contributed by atoms with Crippen LogP contribution in [0.5, 0.6) is 5.75 Å². The fourth-order valence-corrected chi connectivity index (χ4v) is 3.54. The number of hydrogen-bond acceptors (Lipinski definition) is 4. The zero-order valence-electron chi connectivity index (χ0n) is 19.7. The van der Waals surface area contributed by atoms with Crippen LogP contribution in [0.4, 0.5) is 0 Å². The number of rotatable bonds is 7. The lowest BCUT2D eigenvalue weighted by molar-refractivity contribution is 0.0341. The van der Waals surface area contributed by atoms with E-state index in [1.807, 2.05) is 18.2 Å². The van der Waals surface area contributed by atoms with Gasteiger partial charge in [-0.25, -0.2) is 0 Å². The molecule has 2 N–H and O–H groups in total. The molecule has 1 aliphatic heterocycles. The lowest BCUT2D eigenvalue weighted by Gasteiger charge is -2.27. The SMILES string of the molecule is CN=C(NCc1ccccc1CN1CCOCC1)NCc1ccccc1OC(C)(C)C.I. The first-order valence-corrected chi connectivity index (χ1v) is 11.0. The molecule has 0 bridgehead atoms. The minimum absolute atomic E-state index is 0. The Morgan fingerprint density at radius 3 is 2.12 bits per heavy atom. The number of para-hydroxylation sites is 1. The van der Waals surface area contributed by atoms with Crippen molar-refractivity contribution < 1.29 is 9.47 Å². The average Bonchev–Trinajstić information content (AvgIpc) is 2.75. The highest BCUT2D eigenvalue weighted by atomic mass is 127. The number of nitrogens with one attached hydrogen (secondary N) is 2. The first-order chi connectivity index (χ1) is 14.9. The summed E-state index contributed by atoms with van der Waals surface area (Å²) in [7, 11) is 1.80. The fraction of sp³-hybridized carbons (Fsp3) is 0.480. The summed E-state index contributed by atoms with van der Waals surface area (Å²) in [5, 5.41) is 6.87. The van der Waals surface area contributed by atoms with E-state index in [4.69, 9.17) is 9.47 Å². The largest absolute Gasteiger partial charge is 0.488 e. The van der Waals surface area contributed by atoms with Crippen molar-refractivity contribution in [3.8, 4) is 5.75 Å². The Bertz CT molecular complexity index is 861. The van der Waals surface area contributed by atoms with Crippen LogP contribution in [0.1, 0.15) is 37.5 Å². The Morgan fingerprint density at radius 1 is 0.938 bits per heavy atom. The Hall–Kier alpha value is -1.84. The average molecular weight is 553 g/mol. The minimum atomic E-state index is -0.236. The van der Waals surface area contributed by atoms with E-state index in [-0.39, 0.29) is 29.6 Å². The van der Waals surface area contributed by atoms with Crippen LogP contribution in [0.3, 0.4) is 0 Å². The summed E-state index contributed by atoms with van der Waals surface area (Å²) < 4.78 is 11.6. The number of benzene rings is 2. The molecule has 0 aromatic heterocycles. The topological polar surface area (TPSA) is 58.1 Å². The number of ether oxygens (including phenoxy) is 2. The van der Waals surface area contributed by atoms with Crippen molar-refractivity contribution in [3.63, 3.8) is 0 Å². The minimum Gasteiger partial charge on any atom is -0.488 e. The number of nitrogens with zero attached hydrogens (tertiary/aromatic N) is 2.